The van der Waals surface area contributed by atoms with Crippen LogP contribution in [-0.4, -0.2) is 25.7 Å². The molecule has 118 valence electrons. The highest BCUT2D eigenvalue weighted by Gasteiger charge is 1.95. The summed E-state index contributed by atoms with van der Waals surface area (Å²) in [6.07, 6.45) is 14.8. The summed E-state index contributed by atoms with van der Waals surface area (Å²) in [5.74, 6) is -0.342. The molecule has 0 aliphatic heterocycles. The predicted octanol–water partition coefficient (Wildman–Crippen LogP) is 4.23. The van der Waals surface area contributed by atoms with Gasteiger partial charge in [0, 0.05) is 12.6 Å². The van der Waals surface area contributed by atoms with Gasteiger partial charge in [-0.2, -0.15) is 0 Å². The highest BCUT2D eigenvalue weighted by molar-refractivity contribution is 5.81. The Morgan fingerprint density at radius 1 is 0.950 bits per heavy atom. The van der Waals surface area contributed by atoms with E-state index in [1.807, 2.05) is 0 Å². The highest BCUT2D eigenvalue weighted by Crippen LogP contribution is 2.10. The van der Waals surface area contributed by atoms with E-state index < -0.39 is 0 Å². The van der Waals surface area contributed by atoms with Gasteiger partial charge in [0.05, 0.1) is 0 Å². The summed E-state index contributed by atoms with van der Waals surface area (Å²) in [4.78, 5) is 10.8. The normalized spacial score (nSPS) is 10.4. The Labute approximate surface area is 125 Å². The number of rotatable bonds is 15. The third kappa shape index (κ3) is 15.2. The SMILES string of the molecule is C=CC(=O)OCCNCCCCCCCCCCCC. The smallest absolute Gasteiger partial charge is 0.330 e. The van der Waals surface area contributed by atoms with E-state index in [-0.39, 0.29) is 5.97 Å². The first-order valence-electron chi connectivity index (χ1n) is 8.31. The van der Waals surface area contributed by atoms with Crippen LogP contribution in [0.15, 0.2) is 12.7 Å². The maximum Gasteiger partial charge on any atom is 0.330 e. The summed E-state index contributed by atoms with van der Waals surface area (Å²) in [6, 6.07) is 0. The first-order valence-corrected chi connectivity index (χ1v) is 8.31. The molecule has 3 heteroatoms. The van der Waals surface area contributed by atoms with E-state index in [2.05, 4.69) is 18.8 Å². The van der Waals surface area contributed by atoms with E-state index in [0.717, 1.165) is 13.1 Å². The van der Waals surface area contributed by atoms with Gasteiger partial charge in [-0.3, -0.25) is 0 Å². The zero-order valence-corrected chi connectivity index (χ0v) is 13.3. The second-order valence-corrected chi connectivity index (χ2v) is 5.30. The van der Waals surface area contributed by atoms with E-state index in [9.17, 15) is 4.79 Å². The van der Waals surface area contributed by atoms with Crippen LogP contribution in [0.25, 0.3) is 0 Å². The number of carbonyl (C=O) groups excluding carboxylic acids is 1. The fourth-order valence-corrected chi connectivity index (χ4v) is 2.15. The highest BCUT2D eigenvalue weighted by atomic mass is 16.5. The summed E-state index contributed by atoms with van der Waals surface area (Å²) in [6.45, 7) is 7.79. The molecule has 0 rings (SSSR count). The topological polar surface area (TPSA) is 38.3 Å². The average molecular weight is 283 g/mol. The molecule has 0 aliphatic carbocycles. The van der Waals surface area contributed by atoms with Gasteiger partial charge in [0.15, 0.2) is 0 Å². The van der Waals surface area contributed by atoms with Crippen LogP contribution < -0.4 is 5.32 Å². The Bertz CT molecular complexity index is 229. The van der Waals surface area contributed by atoms with Crippen molar-refractivity contribution in [1.82, 2.24) is 5.32 Å². The lowest BCUT2D eigenvalue weighted by Crippen LogP contribution is -2.21. The third-order valence-electron chi connectivity index (χ3n) is 3.40. The number of hydrogen-bond donors (Lipinski definition) is 1. The Balaban J connectivity index is 2.99. The van der Waals surface area contributed by atoms with E-state index >= 15 is 0 Å². The van der Waals surface area contributed by atoms with Crippen molar-refractivity contribution in [3.63, 3.8) is 0 Å². The molecule has 0 heterocycles. The van der Waals surface area contributed by atoms with Crippen molar-refractivity contribution in [1.29, 1.82) is 0 Å². The lowest BCUT2D eigenvalue weighted by molar-refractivity contribution is -0.137. The van der Waals surface area contributed by atoms with Gasteiger partial charge in [-0.25, -0.2) is 4.79 Å². The zero-order chi connectivity index (χ0) is 14.9. The molecular weight excluding hydrogens is 250 g/mol. The van der Waals surface area contributed by atoms with Crippen molar-refractivity contribution in [2.75, 3.05) is 19.7 Å². The van der Waals surface area contributed by atoms with Crippen molar-refractivity contribution in [3.8, 4) is 0 Å². The Morgan fingerprint density at radius 3 is 2.05 bits per heavy atom. The first-order chi connectivity index (χ1) is 9.81. The van der Waals surface area contributed by atoms with Crippen LogP contribution in [0.3, 0.4) is 0 Å². The second kappa shape index (κ2) is 16.2. The Kier molecular flexibility index (Phi) is 15.6. The minimum Gasteiger partial charge on any atom is -0.461 e. The van der Waals surface area contributed by atoms with Crippen molar-refractivity contribution in [3.05, 3.63) is 12.7 Å². The monoisotopic (exact) mass is 283 g/mol. The van der Waals surface area contributed by atoms with Crippen molar-refractivity contribution in [2.45, 2.75) is 71.1 Å². The van der Waals surface area contributed by atoms with Crippen molar-refractivity contribution in [2.24, 2.45) is 0 Å². The zero-order valence-electron chi connectivity index (χ0n) is 13.3. The molecule has 0 aromatic heterocycles. The quantitative estimate of drug-likeness (QED) is 0.278. The van der Waals surface area contributed by atoms with Crippen LogP contribution in [-0.2, 0) is 9.53 Å². The molecule has 0 saturated carbocycles. The molecule has 0 fully saturated rings. The molecule has 0 atom stereocenters. The molecule has 0 bridgehead atoms. The molecule has 0 aromatic rings. The number of ether oxygens (including phenoxy) is 1. The fourth-order valence-electron chi connectivity index (χ4n) is 2.15. The van der Waals surface area contributed by atoms with Crippen LogP contribution in [0.5, 0.6) is 0 Å². The van der Waals surface area contributed by atoms with E-state index in [1.54, 1.807) is 0 Å². The molecular formula is C17H33NO2. The van der Waals surface area contributed by atoms with Gasteiger partial charge in [0.2, 0.25) is 0 Å². The molecule has 3 nitrogen and oxygen atoms in total. The lowest BCUT2D eigenvalue weighted by Gasteiger charge is -2.05. The standard InChI is InChI=1S/C17H33NO2/c1-3-5-6-7-8-9-10-11-12-13-14-18-15-16-20-17(19)4-2/h4,18H,2-3,5-16H2,1H3. The van der Waals surface area contributed by atoms with Gasteiger partial charge in [-0.15, -0.1) is 0 Å². The van der Waals surface area contributed by atoms with Gasteiger partial charge in [0.25, 0.3) is 0 Å². The molecule has 0 spiro atoms. The number of nitrogens with one attached hydrogen (secondary N) is 1. The van der Waals surface area contributed by atoms with Crippen molar-refractivity contribution >= 4 is 5.97 Å². The second-order valence-electron chi connectivity index (χ2n) is 5.30. The molecule has 0 unspecified atom stereocenters. The predicted molar refractivity (Wildman–Crippen MR) is 85.9 cm³/mol. The van der Waals surface area contributed by atoms with Gasteiger partial charge < -0.3 is 10.1 Å². The largest absolute Gasteiger partial charge is 0.461 e. The number of unbranched alkanes of at least 4 members (excludes halogenated alkanes) is 9. The van der Waals surface area contributed by atoms with Crippen LogP contribution in [0, 0.1) is 0 Å². The molecule has 0 amide bonds. The molecule has 0 saturated heterocycles. The lowest BCUT2D eigenvalue weighted by atomic mass is 10.1. The summed E-state index contributed by atoms with van der Waals surface area (Å²) in [5, 5.41) is 3.28. The molecule has 0 aromatic carbocycles. The van der Waals surface area contributed by atoms with Gasteiger partial charge in [-0.1, -0.05) is 71.3 Å². The summed E-state index contributed by atoms with van der Waals surface area (Å²) >= 11 is 0. The van der Waals surface area contributed by atoms with Gasteiger partial charge >= 0.3 is 5.97 Å². The summed E-state index contributed by atoms with van der Waals surface area (Å²) < 4.78 is 4.87. The molecule has 0 radical (unpaired) electrons. The summed E-state index contributed by atoms with van der Waals surface area (Å²) in [5.41, 5.74) is 0. The molecule has 0 aliphatic rings. The van der Waals surface area contributed by atoms with Crippen LogP contribution >= 0.6 is 0 Å². The van der Waals surface area contributed by atoms with Crippen molar-refractivity contribution < 1.29 is 9.53 Å². The van der Waals surface area contributed by atoms with E-state index in [1.165, 1.54) is 70.3 Å². The minimum absolute atomic E-state index is 0.342. The Morgan fingerprint density at radius 2 is 1.50 bits per heavy atom. The van der Waals surface area contributed by atoms with Gasteiger partial charge in [-0.05, 0) is 13.0 Å². The maximum absolute atomic E-state index is 10.8. The number of esters is 1. The minimum atomic E-state index is -0.342. The maximum atomic E-state index is 10.8. The van der Waals surface area contributed by atoms with E-state index in [0.29, 0.717) is 6.61 Å². The third-order valence-corrected chi connectivity index (χ3v) is 3.40. The molecule has 1 N–H and O–H groups in total. The van der Waals surface area contributed by atoms with Gasteiger partial charge in [0.1, 0.15) is 6.61 Å². The number of hydrogen-bond acceptors (Lipinski definition) is 3. The fraction of sp³-hybridized carbons (Fsp3) is 0.824. The Hall–Kier alpha value is -0.830. The van der Waals surface area contributed by atoms with Crippen LogP contribution in [0.4, 0.5) is 0 Å². The summed E-state index contributed by atoms with van der Waals surface area (Å²) in [7, 11) is 0. The first kappa shape index (κ1) is 19.2. The molecule has 20 heavy (non-hydrogen) atoms. The van der Waals surface area contributed by atoms with Crippen LogP contribution in [0.1, 0.15) is 71.1 Å². The average Bonchev–Trinajstić information content (AvgIpc) is 2.47. The van der Waals surface area contributed by atoms with Crippen LogP contribution in [0.2, 0.25) is 0 Å². The number of carbonyl (C=O) groups is 1. The van der Waals surface area contributed by atoms with E-state index in [4.69, 9.17) is 4.74 Å².